The maximum atomic E-state index is 12.9. The van der Waals surface area contributed by atoms with Gasteiger partial charge in [-0.1, -0.05) is 17.3 Å². The highest BCUT2D eigenvalue weighted by Gasteiger charge is 2.31. The molecule has 13 heteroatoms. The molecule has 5 aromatic rings. The maximum Gasteiger partial charge on any atom is 0.573 e. The Hall–Kier alpha value is -4.13. The summed E-state index contributed by atoms with van der Waals surface area (Å²) in [5.41, 5.74) is 2.17. The van der Waals surface area contributed by atoms with Gasteiger partial charge in [0.25, 0.3) is 0 Å². The van der Waals surface area contributed by atoms with Gasteiger partial charge in [-0.2, -0.15) is 0 Å². The second kappa shape index (κ2) is 10.3. The van der Waals surface area contributed by atoms with Gasteiger partial charge in [0.1, 0.15) is 23.5 Å². The molecule has 0 bridgehead atoms. The predicted octanol–water partition coefficient (Wildman–Crippen LogP) is 5.31. The van der Waals surface area contributed by atoms with Crippen molar-refractivity contribution in [2.24, 2.45) is 0 Å². The van der Waals surface area contributed by atoms with E-state index in [-0.39, 0.29) is 28.0 Å². The Bertz CT molecular complexity index is 1630. The lowest BCUT2D eigenvalue weighted by Crippen LogP contribution is -2.16. The van der Waals surface area contributed by atoms with Gasteiger partial charge in [0.05, 0.1) is 16.8 Å². The van der Waals surface area contributed by atoms with E-state index in [4.69, 9.17) is 4.42 Å². The Kier molecular flexibility index (Phi) is 6.93. The van der Waals surface area contributed by atoms with E-state index in [9.17, 15) is 21.6 Å². The van der Waals surface area contributed by atoms with Crippen molar-refractivity contribution in [3.05, 3.63) is 78.4 Å². The topological polar surface area (TPSA) is 116 Å². The van der Waals surface area contributed by atoms with E-state index in [1.54, 1.807) is 41.2 Å². The van der Waals surface area contributed by atoms with Gasteiger partial charge in [-0.3, -0.25) is 4.68 Å². The fraction of sp³-hybridized carbons (Fsp3) is 0.240. The number of rotatable bonds is 10. The molecule has 0 atom stereocenters. The third-order valence-corrected chi connectivity index (χ3v) is 7.47. The molecule has 1 N–H and O–H groups in total. The molecule has 3 aromatic heterocycles. The molecule has 0 fully saturated rings. The number of nitrogens with zero attached hydrogens (tertiary/aromatic N) is 4. The quantitative estimate of drug-likeness (QED) is 0.237. The number of nitrogens with one attached hydrogen (secondary N) is 1. The highest BCUT2D eigenvalue weighted by atomic mass is 32.2. The Labute approximate surface area is 215 Å². The number of aromatic nitrogens is 5. The molecule has 0 amide bonds. The summed E-state index contributed by atoms with van der Waals surface area (Å²) in [7, 11) is -3.68. The van der Waals surface area contributed by atoms with Crippen molar-refractivity contribution < 1.29 is 30.7 Å². The summed E-state index contributed by atoms with van der Waals surface area (Å²) in [5.74, 6) is -0.601. The molecular weight excluding hydrogens is 523 g/mol. The van der Waals surface area contributed by atoms with Crippen LogP contribution in [-0.2, 0) is 28.6 Å². The number of aryl methyl sites for hydroxylation is 2. The molecule has 0 unspecified atom stereocenters. The molecule has 5 rings (SSSR count). The van der Waals surface area contributed by atoms with E-state index in [0.717, 1.165) is 31.4 Å². The number of fused-ring (bicyclic) bond motifs is 1. The van der Waals surface area contributed by atoms with Gasteiger partial charge in [0.2, 0.25) is 5.89 Å². The van der Waals surface area contributed by atoms with Gasteiger partial charge in [-0.05, 0) is 61.2 Å². The Morgan fingerprint density at radius 1 is 1.05 bits per heavy atom. The third kappa shape index (κ3) is 6.22. The van der Waals surface area contributed by atoms with Crippen LogP contribution in [0.4, 0.5) is 13.2 Å². The summed E-state index contributed by atoms with van der Waals surface area (Å²) in [5, 5.41) is 8.14. The van der Waals surface area contributed by atoms with Crippen molar-refractivity contribution >= 4 is 20.7 Å². The minimum atomic E-state index is -4.80. The van der Waals surface area contributed by atoms with Crippen LogP contribution in [0.25, 0.3) is 22.5 Å². The first-order valence-corrected chi connectivity index (χ1v) is 13.3. The molecule has 0 aliphatic rings. The van der Waals surface area contributed by atoms with E-state index in [0.29, 0.717) is 16.6 Å². The first kappa shape index (κ1) is 25.5. The predicted molar refractivity (Wildman–Crippen MR) is 131 cm³/mol. The Balaban J connectivity index is 1.21. The fourth-order valence-corrected chi connectivity index (χ4v) is 5.26. The number of alkyl halides is 3. The molecule has 0 saturated carbocycles. The number of hydrogen-bond acceptors (Lipinski definition) is 7. The molecule has 0 aliphatic carbocycles. The third-order valence-electron chi connectivity index (χ3n) is 5.80. The Morgan fingerprint density at radius 2 is 1.87 bits per heavy atom. The first-order chi connectivity index (χ1) is 18.1. The second-order valence-corrected chi connectivity index (χ2v) is 10.6. The van der Waals surface area contributed by atoms with Crippen LogP contribution in [0.1, 0.15) is 24.1 Å². The lowest BCUT2D eigenvalue weighted by atomic mass is 10.1. The van der Waals surface area contributed by atoms with Crippen LogP contribution in [0.3, 0.4) is 0 Å². The molecule has 0 saturated heterocycles. The molecular formula is C25H22F3N5O4S. The molecule has 0 radical (unpaired) electrons. The zero-order valence-corrected chi connectivity index (χ0v) is 20.7. The SMILES string of the molecule is O=S(=O)(Cc1coc(-c2cc3cc(OC(F)(F)F)ccc3[nH]2)n1)c1ccc(CCCCn2ccnn2)cc1. The summed E-state index contributed by atoms with van der Waals surface area (Å²) in [6, 6.07) is 12.2. The smallest absolute Gasteiger partial charge is 0.443 e. The summed E-state index contributed by atoms with van der Waals surface area (Å²) < 4.78 is 74.5. The van der Waals surface area contributed by atoms with Crippen LogP contribution in [0.15, 0.2) is 76.5 Å². The van der Waals surface area contributed by atoms with Gasteiger partial charge in [-0.15, -0.1) is 18.3 Å². The highest BCUT2D eigenvalue weighted by Crippen LogP contribution is 2.30. The number of H-pyrrole nitrogens is 1. The van der Waals surface area contributed by atoms with Gasteiger partial charge < -0.3 is 14.1 Å². The van der Waals surface area contributed by atoms with Crippen LogP contribution in [0, 0.1) is 0 Å². The number of aromatic amines is 1. The van der Waals surface area contributed by atoms with Crippen molar-refractivity contribution in [2.45, 2.75) is 42.8 Å². The van der Waals surface area contributed by atoms with Crippen LogP contribution in [0.5, 0.6) is 5.75 Å². The van der Waals surface area contributed by atoms with Crippen molar-refractivity contribution in [3.8, 4) is 17.3 Å². The summed E-state index contributed by atoms with van der Waals surface area (Å²) >= 11 is 0. The first-order valence-electron chi connectivity index (χ1n) is 11.6. The molecule has 3 heterocycles. The van der Waals surface area contributed by atoms with Gasteiger partial charge in [0.15, 0.2) is 9.84 Å². The van der Waals surface area contributed by atoms with Crippen LogP contribution in [-0.4, -0.2) is 39.7 Å². The summed E-state index contributed by atoms with van der Waals surface area (Å²) in [6.07, 6.45) is 2.57. The molecule has 38 heavy (non-hydrogen) atoms. The normalized spacial score (nSPS) is 12.3. The number of halogens is 3. The number of oxazole rings is 1. The zero-order valence-electron chi connectivity index (χ0n) is 19.9. The minimum absolute atomic E-state index is 0.117. The Morgan fingerprint density at radius 3 is 2.61 bits per heavy atom. The van der Waals surface area contributed by atoms with Gasteiger partial charge in [-0.25, -0.2) is 13.4 Å². The average Bonchev–Trinajstić information content (AvgIpc) is 3.62. The number of benzene rings is 2. The average molecular weight is 546 g/mol. The number of unbranched alkanes of at least 4 members (excludes halogenated alkanes) is 1. The standard InChI is InChI=1S/C25H22F3N5O4S/c26-25(27,28)37-20-6-9-22-18(13-20)14-23(31-22)24-30-19(15-36-24)16-38(34,35)21-7-4-17(5-8-21)3-1-2-11-33-12-10-29-32-33/h4-10,12-15,31H,1-3,11,16H2. The van der Waals surface area contributed by atoms with E-state index in [1.165, 1.54) is 24.5 Å². The maximum absolute atomic E-state index is 12.9. The fourth-order valence-electron chi connectivity index (χ4n) is 4.02. The number of hydrogen-bond donors (Lipinski definition) is 1. The van der Waals surface area contributed by atoms with Crippen molar-refractivity contribution in [2.75, 3.05) is 0 Å². The number of ether oxygens (including phenoxy) is 1. The van der Waals surface area contributed by atoms with Crippen molar-refractivity contribution in [1.29, 1.82) is 0 Å². The number of sulfone groups is 1. The highest BCUT2D eigenvalue weighted by molar-refractivity contribution is 7.90. The van der Waals surface area contributed by atoms with Gasteiger partial charge >= 0.3 is 6.36 Å². The largest absolute Gasteiger partial charge is 0.573 e. The lowest BCUT2D eigenvalue weighted by Gasteiger charge is -2.08. The summed E-state index contributed by atoms with van der Waals surface area (Å²) in [4.78, 5) is 7.43. The molecule has 0 aliphatic heterocycles. The second-order valence-electron chi connectivity index (χ2n) is 8.65. The minimum Gasteiger partial charge on any atom is -0.443 e. The molecule has 198 valence electrons. The van der Waals surface area contributed by atoms with Crippen LogP contribution >= 0.6 is 0 Å². The van der Waals surface area contributed by atoms with Gasteiger partial charge in [0, 0.05) is 23.6 Å². The summed E-state index contributed by atoms with van der Waals surface area (Å²) in [6.45, 7) is 0.776. The van der Waals surface area contributed by atoms with Crippen molar-refractivity contribution in [1.82, 2.24) is 25.0 Å². The van der Waals surface area contributed by atoms with Crippen LogP contribution in [0.2, 0.25) is 0 Å². The molecule has 0 spiro atoms. The van der Waals surface area contributed by atoms with E-state index < -0.39 is 16.2 Å². The van der Waals surface area contributed by atoms with Crippen LogP contribution < -0.4 is 4.74 Å². The monoisotopic (exact) mass is 545 g/mol. The van der Waals surface area contributed by atoms with E-state index in [1.807, 2.05) is 6.20 Å². The van der Waals surface area contributed by atoms with Crippen molar-refractivity contribution in [3.63, 3.8) is 0 Å². The molecule has 2 aromatic carbocycles. The zero-order chi connectivity index (χ0) is 26.8. The van der Waals surface area contributed by atoms with E-state index >= 15 is 0 Å². The van der Waals surface area contributed by atoms with E-state index in [2.05, 4.69) is 25.0 Å². The lowest BCUT2D eigenvalue weighted by molar-refractivity contribution is -0.274. The molecule has 9 nitrogen and oxygen atoms in total.